The predicted octanol–water partition coefficient (Wildman–Crippen LogP) is 2.18. The molecule has 3 rings (SSSR count). The Morgan fingerprint density at radius 2 is 1.79 bits per heavy atom. The molecule has 0 bridgehead atoms. The highest BCUT2D eigenvalue weighted by Gasteiger charge is 2.26. The molecule has 1 N–H and O–H groups in total. The maximum atomic E-state index is 12.8. The van der Waals surface area contributed by atoms with Crippen molar-refractivity contribution in [3.63, 3.8) is 0 Å². The molecule has 1 aliphatic rings. The quantitative estimate of drug-likeness (QED) is 0.591. The Balaban J connectivity index is 1.62. The highest BCUT2D eigenvalue weighted by molar-refractivity contribution is 7.89. The molecule has 10 heteroatoms. The molecule has 0 spiro atoms. The van der Waals surface area contributed by atoms with Crippen LogP contribution in [0.15, 0.2) is 47.4 Å². The van der Waals surface area contributed by atoms with Crippen LogP contribution >= 0.6 is 0 Å². The fraction of sp³-hybridized carbons (Fsp3) is 0.435. The van der Waals surface area contributed by atoms with Gasteiger partial charge in [0.25, 0.3) is 0 Å². The van der Waals surface area contributed by atoms with Crippen LogP contribution in [-0.4, -0.2) is 77.1 Å². The average Bonchev–Trinajstić information content (AvgIpc) is 2.84. The number of carbonyl (C=O) groups is 1. The fourth-order valence-electron chi connectivity index (χ4n) is 3.48. The van der Waals surface area contributed by atoms with Crippen LogP contribution in [0.25, 0.3) is 0 Å². The van der Waals surface area contributed by atoms with Crippen molar-refractivity contribution in [2.75, 3.05) is 52.9 Å². The van der Waals surface area contributed by atoms with E-state index in [-0.39, 0.29) is 10.8 Å². The zero-order chi connectivity index (χ0) is 24.0. The molecule has 0 radical (unpaired) electrons. The maximum Gasteiger partial charge on any atom is 0.243 e. The Bertz CT molecular complexity index is 1050. The Kier molecular flexibility index (Phi) is 8.30. The van der Waals surface area contributed by atoms with Crippen molar-refractivity contribution in [1.29, 1.82) is 0 Å². The number of ether oxygens (including phenoxy) is 3. The van der Waals surface area contributed by atoms with Crippen molar-refractivity contribution in [3.8, 4) is 11.5 Å². The van der Waals surface area contributed by atoms with E-state index in [0.717, 1.165) is 5.56 Å². The van der Waals surface area contributed by atoms with Crippen molar-refractivity contribution < 1.29 is 27.4 Å². The summed E-state index contributed by atoms with van der Waals surface area (Å²) in [7, 11) is 1.47. The lowest BCUT2D eigenvalue weighted by Crippen LogP contribution is -2.40. The molecule has 1 saturated heterocycles. The lowest BCUT2D eigenvalue weighted by molar-refractivity contribution is -0.120. The van der Waals surface area contributed by atoms with Gasteiger partial charge in [-0.15, -0.1) is 0 Å². The zero-order valence-corrected chi connectivity index (χ0v) is 20.2. The van der Waals surface area contributed by atoms with E-state index < -0.39 is 16.1 Å². The summed E-state index contributed by atoms with van der Waals surface area (Å²) in [5, 5.41) is 2.85. The second-order valence-corrected chi connectivity index (χ2v) is 9.74. The van der Waals surface area contributed by atoms with E-state index in [2.05, 4.69) is 5.32 Å². The van der Waals surface area contributed by atoms with E-state index in [1.807, 2.05) is 31.0 Å². The van der Waals surface area contributed by atoms with Crippen LogP contribution in [0, 0.1) is 0 Å². The lowest BCUT2D eigenvalue weighted by Gasteiger charge is -2.26. The van der Waals surface area contributed by atoms with Crippen LogP contribution < -0.4 is 14.8 Å². The first-order valence-electron chi connectivity index (χ1n) is 10.7. The molecule has 0 aromatic heterocycles. The molecule has 2 aromatic rings. The van der Waals surface area contributed by atoms with Crippen molar-refractivity contribution in [1.82, 2.24) is 9.21 Å². The first-order valence-corrected chi connectivity index (χ1v) is 12.1. The fourth-order valence-corrected chi connectivity index (χ4v) is 4.89. The molecule has 1 atom stereocenters. The number of nitrogens with zero attached hydrogens (tertiary/aromatic N) is 2. The Morgan fingerprint density at radius 3 is 2.39 bits per heavy atom. The van der Waals surface area contributed by atoms with Gasteiger partial charge in [0.05, 0.1) is 38.4 Å². The first-order chi connectivity index (χ1) is 15.8. The average molecular weight is 478 g/mol. The number of methoxy groups -OCH3 is 2. The van der Waals surface area contributed by atoms with Crippen LogP contribution in [0.2, 0.25) is 0 Å². The molecular formula is C23H31N3O6S. The van der Waals surface area contributed by atoms with Crippen molar-refractivity contribution in [3.05, 3.63) is 48.0 Å². The molecule has 0 aliphatic carbocycles. The largest absolute Gasteiger partial charge is 0.497 e. The normalized spacial score (nSPS) is 15.8. The number of benzene rings is 2. The van der Waals surface area contributed by atoms with Gasteiger partial charge in [-0.05, 0) is 44.3 Å². The minimum Gasteiger partial charge on any atom is -0.497 e. The summed E-state index contributed by atoms with van der Waals surface area (Å²) in [6.07, 6.45) is 0. The van der Waals surface area contributed by atoms with E-state index >= 15 is 0 Å². The Labute approximate surface area is 195 Å². The lowest BCUT2D eigenvalue weighted by atomic mass is 10.1. The van der Waals surface area contributed by atoms with Gasteiger partial charge in [-0.3, -0.25) is 9.69 Å². The number of nitrogens with one attached hydrogen (secondary N) is 1. The number of rotatable bonds is 9. The highest BCUT2D eigenvalue weighted by Crippen LogP contribution is 2.26. The molecule has 0 unspecified atom stereocenters. The third kappa shape index (κ3) is 6.02. The predicted molar refractivity (Wildman–Crippen MR) is 125 cm³/mol. The molecule has 33 heavy (non-hydrogen) atoms. The second kappa shape index (κ2) is 11.0. The van der Waals surface area contributed by atoms with Gasteiger partial charge < -0.3 is 19.5 Å². The summed E-state index contributed by atoms with van der Waals surface area (Å²) in [4.78, 5) is 14.9. The van der Waals surface area contributed by atoms with Gasteiger partial charge >= 0.3 is 0 Å². The SMILES string of the molecule is COc1ccc(CN(C)[C@H](C)C(=O)Nc2ccc(S(=O)(=O)N3CCOCC3)cc2)c(OC)c1. The third-order valence-corrected chi connectivity index (χ3v) is 7.60. The maximum absolute atomic E-state index is 12.8. The van der Waals surface area contributed by atoms with Gasteiger partial charge in [-0.25, -0.2) is 8.42 Å². The minimum atomic E-state index is -3.57. The molecule has 1 amide bonds. The number of likely N-dealkylation sites (N-methyl/N-ethyl adjacent to an activating group) is 1. The van der Waals surface area contributed by atoms with E-state index in [9.17, 15) is 13.2 Å². The Morgan fingerprint density at radius 1 is 1.12 bits per heavy atom. The summed E-state index contributed by atoms with van der Waals surface area (Å²) < 4.78 is 42.8. The van der Waals surface area contributed by atoms with Gasteiger partial charge in [0.15, 0.2) is 0 Å². The third-order valence-electron chi connectivity index (χ3n) is 5.68. The number of amides is 1. The van der Waals surface area contributed by atoms with Crippen LogP contribution in [0.3, 0.4) is 0 Å². The van der Waals surface area contributed by atoms with Crippen LogP contribution in [0.4, 0.5) is 5.69 Å². The van der Waals surface area contributed by atoms with Gasteiger partial charge in [0, 0.05) is 37.0 Å². The minimum absolute atomic E-state index is 0.194. The monoisotopic (exact) mass is 477 g/mol. The van der Waals surface area contributed by atoms with Gasteiger partial charge in [-0.2, -0.15) is 4.31 Å². The van der Waals surface area contributed by atoms with E-state index in [1.165, 1.54) is 16.4 Å². The number of sulfonamides is 1. The van der Waals surface area contributed by atoms with E-state index in [4.69, 9.17) is 14.2 Å². The second-order valence-electron chi connectivity index (χ2n) is 7.80. The van der Waals surface area contributed by atoms with Crippen molar-refractivity contribution in [2.24, 2.45) is 0 Å². The van der Waals surface area contributed by atoms with E-state index in [0.29, 0.717) is 50.0 Å². The van der Waals surface area contributed by atoms with Gasteiger partial charge in [0.1, 0.15) is 11.5 Å². The molecule has 1 heterocycles. The van der Waals surface area contributed by atoms with Crippen LogP contribution in [0.5, 0.6) is 11.5 Å². The standard InChI is InChI=1S/C23H31N3O6S/c1-17(25(2)16-18-5-8-20(30-3)15-22(18)31-4)23(27)24-19-6-9-21(10-7-19)33(28,29)26-11-13-32-14-12-26/h5-10,15,17H,11-14,16H2,1-4H3,(H,24,27)/t17-/m1/s1. The number of anilines is 1. The summed E-state index contributed by atoms with van der Waals surface area (Å²) in [6, 6.07) is 11.4. The number of morpholine rings is 1. The summed E-state index contributed by atoms with van der Waals surface area (Å²) in [6.45, 7) is 3.76. The van der Waals surface area contributed by atoms with Crippen molar-refractivity contribution >= 4 is 21.6 Å². The molecule has 9 nitrogen and oxygen atoms in total. The summed E-state index contributed by atoms with van der Waals surface area (Å²) in [5.74, 6) is 1.18. The molecule has 1 aliphatic heterocycles. The highest BCUT2D eigenvalue weighted by atomic mass is 32.2. The smallest absolute Gasteiger partial charge is 0.243 e. The van der Waals surface area contributed by atoms with Crippen LogP contribution in [-0.2, 0) is 26.1 Å². The molecule has 2 aromatic carbocycles. The Hall–Kier alpha value is -2.66. The molecule has 180 valence electrons. The summed E-state index contributed by atoms with van der Waals surface area (Å²) >= 11 is 0. The number of carbonyl (C=O) groups excluding carboxylic acids is 1. The molecular weight excluding hydrogens is 446 g/mol. The summed E-state index contributed by atoms with van der Waals surface area (Å²) in [5.41, 5.74) is 1.46. The van der Waals surface area contributed by atoms with Crippen LogP contribution in [0.1, 0.15) is 12.5 Å². The zero-order valence-electron chi connectivity index (χ0n) is 19.4. The number of hydrogen-bond donors (Lipinski definition) is 1. The topological polar surface area (TPSA) is 97.4 Å². The van der Waals surface area contributed by atoms with E-state index in [1.54, 1.807) is 32.4 Å². The van der Waals surface area contributed by atoms with Crippen molar-refractivity contribution in [2.45, 2.75) is 24.4 Å². The molecule has 0 saturated carbocycles. The number of hydrogen-bond acceptors (Lipinski definition) is 7. The molecule has 1 fully saturated rings. The van der Waals surface area contributed by atoms with Gasteiger partial charge in [-0.1, -0.05) is 6.07 Å². The van der Waals surface area contributed by atoms with Gasteiger partial charge in [0.2, 0.25) is 15.9 Å². The first kappa shape index (κ1) is 25.0.